The van der Waals surface area contributed by atoms with Gasteiger partial charge in [-0.15, -0.1) is 0 Å². The normalized spacial score (nSPS) is 11.1. The Balaban J connectivity index is 1.62. The van der Waals surface area contributed by atoms with Crippen LogP contribution in [0.1, 0.15) is 39.0 Å². The fourth-order valence-corrected chi connectivity index (χ4v) is 4.15. The van der Waals surface area contributed by atoms with Gasteiger partial charge in [0.05, 0.1) is 12.1 Å². The molecule has 34 heavy (non-hydrogen) atoms. The number of rotatable bonds is 6. The summed E-state index contributed by atoms with van der Waals surface area (Å²) in [6.45, 7) is 4.42. The van der Waals surface area contributed by atoms with Crippen molar-refractivity contribution in [3.8, 4) is 5.75 Å². The second-order valence-electron chi connectivity index (χ2n) is 8.15. The van der Waals surface area contributed by atoms with Crippen molar-refractivity contribution in [2.45, 2.75) is 20.4 Å². The Labute approximate surface area is 196 Å². The van der Waals surface area contributed by atoms with Crippen molar-refractivity contribution in [3.63, 3.8) is 0 Å². The highest BCUT2D eigenvalue weighted by Crippen LogP contribution is 2.35. The van der Waals surface area contributed by atoms with Crippen LogP contribution < -0.4 is 4.74 Å². The summed E-state index contributed by atoms with van der Waals surface area (Å²) in [5.41, 5.74) is 4.32. The maximum absolute atomic E-state index is 13.2. The first-order chi connectivity index (χ1) is 16.5. The number of nitrogens with one attached hydrogen (secondary N) is 1. The number of benzene rings is 3. The van der Waals surface area contributed by atoms with Crippen molar-refractivity contribution in [3.05, 3.63) is 101 Å². The molecule has 6 nitrogen and oxygen atoms in total. The lowest BCUT2D eigenvalue weighted by Crippen LogP contribution is -2.16. The number of ether oxygens (including phenoxy) is 2. The zero-order valence-electron chi connectivity index (χ0n) is 19.0. The maximum atomic E-state index is 13.2. The van der Waals surface area contributed by atoms with E-state index in [0.29, 0.717) is 17.6 Å². The highest BCUT2D eigenvalue weighted by Gasteiger charge is 2.28. The zero-order chi connectivity index (χ0) is 23.7. The summed E-state index contributed by atoms with van der Waals surface area (Å²) >= 11 is 0. The molecule has 5 aromatic rings. The zero-order valence-corrected chi connectivity index (χ0v) is 19.0. The lowest BCUT2D eigenvalue weighted by atomic mass is 10.1. The number of carbonyl (C=O) groups excluding carboxylic acids is 2. The minimum Gasteiger partial charge on any atom is -0.461 e. The number of nitrogens with zero attached hydrogens (tertiary/aromatic N) is 1. The van der Waals surface area contributed by atoms with E-state index in [4.69, 9.17) is 9.47 Å². The third-order valence-electron chi connectivity index (χ3n) is 5.80. The standard InChI is InChI=1S/C28H24N2O4/c1-3-33-28(32)25-26(34-27(31)23-16-20-8-4-6-10-22(20)29-23)21-9-5-7-11-24(21)30(25)17-19-14-12-18(2)13-15-19/h4-16,29H,3,17H2,1-2H3. The molecule has 2 heterocycles. The fraction of sp³-hybridized carbons (Fsp3) is 0.143. The van der Waals surface area contributed by atoms with Crippen molar-refractivity contribution < 1.29 is 19.1 Å². The van der Waals surface area contributed by atoms with E-state index >= 15 is 0 Å². The molecular weight excluding hydrogens is 428 g/mol. The van der Waals surface area contributed by atoms with E-state index in [-0.39, 0.29) is 18.1 Å². The molecule has 2 aromatic heterocycles. The molecule has 0 saturated heterocycles. The van der Waals surface area contributed by atoms with Crippen LogP contribution in [0, 0.1) is 6.92 Å². The number of H-pyrrole nitrogens is 1. The van der Waals surface area contributed by atoms with Crippen LogP contribution in [0.5, 0.6) is 5.75 Å². The largest absolute Gasteiger partial charge is 0.461 e. The summed E-state index contributed by atoms with van der Waals surface area (Å²) in [7, 11) is 0. The minimum atomic E-state index is -0.569. The summed E-state index contributed by atoms with van der Waals surface area (Å²) in [5.74, 6) is -0.907. The average molecular weight is 453 g/mol. The van der Waals surface area contributed by atoms with E-state index in [1.54, 1.807) is 13.0 Å². The van der Waals surface area contributed by atoms with Gasteiger partial charge < -0.3 is 19.0 Å². The van der Waals surface area contributed by atoms with Gasteiger partial charge in [-0.2, -0.15) is 0 Å². The molecule has 3 aromatic carbocycles. The molecule has 5 rings (SSSR count). The Kier molecular flexibility index (Phi) is 5.64. The molecule has 0 aliphatic rings. The molecule has 0 aliphatic carbocycles. The van der Waals surface area contributed by atoms with Crippen molar-refractivity contribution in [1.29, 1.82) is 0 Å². The van der Waals surface area contributed by atoms with Crippen LogP contribution in [0.3, 0.4) is 0 Å². The molecule has 0 fully saturated rings. The first-order valence-electron chi connectivity index (χ1n) is 11.2. The molecule has 0 aliphatic heterocycles. The molecule has 0 bridgehead atoms. The highest BCUT2D eigenvalue weighted by molar-refractivity contribution is 6.05. The Morgan fingerprint density at radius 2 is 1.65 bits per heavy atom. The van der Waals surface area contributed by atoms with Gasteiger partial charge in [-0.25, -0.2) is 9.59 Å². The van der Waals surface area contributed by atoms with Gasteiger partial charge in [-0.05, 0) is 43.7 Å². The van der Waals surface area contributed by atoms with Crippen LogP contribution in [-0.2, 0) is 11.3 Å². The van der Waals surface area contributed by atoms with Crippen molar-refractivity contribution in [2.75, 3.05) is 6.61 Å². The SMILES string of the molecule is CCOC(=O)c1c(OC(=O)c2cc3ccccc3[nH]2)c2ccccc2n1Cc1ccc(C)cc1. The second-order valence-corrected chi connectivity index (χ2v) is 8.15. The maximum Gasteiger partial charge on any atom is 0.360 e. The summed E-state index contributed by atoms with van der Waals surface area (Å²) in [6, 6.07) is 25.0. The number of hydrogen-bond acceptors (Lipinski definition) is 4. The van der Waals surface area contributed by atoms with Crippen molar-refractivity contribution in [2.24, 2.45) is 0 Å². The summed E-state index contributed by atoms with van der Waals surface area (Å²) in [5, 5.41) is 1.57. The quantitative estimate of drug-likeness (QED) is 0.327. The molecule has 0 radical (unpaired) electrons. The summed E-state index contributed by atoms with van der Waals surface area (Å²) < 4.78 is 13.1. The predicted molar refractivity (Wildman–Crippen MR) is 131 cm³/mol. The topological polar surface area (TPSA) is 73.3 Å². The van der Waals surface area contributed by atoms with Gasteiger partial charge in [0, 0.05) is 22.8 Å². The van der Waals surface area contributed by atoms with Gasteiger partial charge in [-0.3, -0.25) is 0 Å². The van der Waals surface area contributed by atoms with Crippen LogP contribution in [-0.4, -0.2) is 28.1 Å². The van der Waals surface area contributed by atoms with Gasteiger partial charge >= 0.3 is 11.9 Å². The minimum absolute atomic E-state index is 0.199. The summed E-state index contributed by atoms with van der Waals surface area (Å²) in [6.07, 6.45) is 0. The molecule has 0 amide bonds. The predicted octanol–water partition coefficient (Wildman–Crippen LogP) is 5.88. The Morgan fingerprint density at radius 3 is 2.41 bits per heavy atom. The lowest BCUT2D eigenvalue weighted by molar-refractivity contribution is 0.0509. The third-order valence-corrected chi connectivity index (χ3v) is 5.80. The number of fused-ring (bicyclic) bond motifs is 2. The van der Waals surface area contributed by atoms with Crippen molar-refractivity contribution in [1.82, 2.24) is 9.55 Å². The number of hydrogen-bond donors (Lipinski definition) is 1. The van der Waals surface area contributed by atoms with Gasteiger partial charge in [0.15, 0.2) is 11.4 Å². The molecule has 1 N–H and O–H groups in total. The van der Waals surface area contributed by atoms with Gasteiger partial charge in [0.25, 0.3) is 0 Å². The monoisotopic (exact) mass is 452 g/mol. The number of esters is 2. The average Bonchev–Trinajstić information content (AvgIpc) is 3.41. The van der Waals surface area contributed by atoms with Crippen LogP contribution in [0.4, 0.5) is 0 Å². The van der Waals surface area contributed by atoms with Crippen LogP contribution in [0.2, 0.25) is 0 Å². The van der Waals surface area contributed by atoms with Gasteiger partial charge in [0.2, 0.25) is 0 Å². The molecule has 0 spiro atoms. The second kappa shape index (κ2) is 8.90. The lowest BCUT2D eigenvalue weighted by Gasteiger charge is -2.12. The van der Waals surface area contributed by atoms with E-state index in [1.807, 2.05) is 84.3 Å². The Morgan fingerprint density at radius 1 is 0.912 bits per heavy atom. The smallest absolute Gasteiger partial charge is 0.360 e. The summed E-state index contributed by atoms with van der Waals surface area (Å²) in [4.78, 5) is 29.4. The van der Waals surface area contributed by atoms with Crippen LogP contribution >= 0.6 is 0 Å². The third kappa shape index (κ3) is 3.94. The number of para-hydroxylation sites is 2. The Bertz CT molecular complexity index is 1480. The first-order valence-corrected chi connectivity index (χ1v) is 11.2. The molecular formula is C28H24N2O4. The first kappa shape index (κ1) is 21.5. The van der Waals surface area contributed by atoms with Crippen LogP contribution in [0.15, 0.2) is 78.9 Å². The molecule has 0 saturated carbocycles. The molecule has 6 heteroatoms. The van der Waals surface area contributed by atoms with E-state index in [0.717, 1.165) is 27.5 Å². The molecule has 0 unspecified atom stereocenters. The number of carbonyl (C=O) groups is 2. The van der Waals surface area contributed by atoms with Gasteiger partial charge in [0.1, 0.15) is 5.69 Å². The van der Waals surface area contributed by atoms with E-state index in [1.165, 1.54) is 0 Å². The number of aryl methyl sites for hydroxylation is 1. The molecule has 170 valence electrons. The Hall–Kier alpha value is -4.32. The van der Waals surface area contributed by atoms with Crippen LogP contribution in [0.25, 0.3) is 21.8 Å². The van der Waals surface area contributed by atoms with Crippen molar-refractivity contribution >= 4 is 33.7 Å². The van der Waals surface area contributed by atoms with Gasteiger partial charge in [-0.1, -0.05) is 60.2 Å². The van der Waals surface area contributed by atoms with E-state index in [9.17, 15) is 9.59 Å². The molecule has 0 atom stereocenters. The highest BCUT2D eigenvalue weighted by atomic mass is 16.5. The number of aromatic nitrogens is 2. The fourth-order valence-electron chi connectivity index (χ4n) is 4.15. The van der Waals surface area contributed by atoms with E-state index in [2.05, 4.69) is 4.98 Å². The van der Waals surface area contributed by atoms with E-state index < -0.39 is 11.9 Å². The number of aromatic amines is 1.